The molecule has 3 aromatic rings. The number of rotatable bonds is 5. The zero-order valence-electron chi connectivity index (χ0n) is 17.7. The number of esters is 1. The van der Waals surface area contributed by atoms with Crippen LogP contribution in [0.2, 0.25) is 5.02 Å². The van der Waals surface area contributed by atoms with Gasteiger partial charge in [0, 0.05) is 36.1 Å². The number of nitrogens with zero attached hydrogens (tertiary/aromatic N) is 3. The molecule has 1 aliphatic heterocycles. The van der Waals surface area contributed by atoms with E-state index < -0.39 is 18.1 Å². The Morgan fingerprint density at radius 3 is 2.70 bits per heavy atom. The normalized spacial score (nSPS) is 17.0. The highest BCUT2D eigenvalue weighted by Gasteiger charge is 2.32. The van der Waals surface area contributed by atoms with Crippen molar-refractivity contribution in [2.45, 2.75) is 32.3 Å². The van der Waals surface area contributed by atoms with Crippen molar-refractivity contribution in [1.29, 1.82) is 0 Å². The van der Waals surface area contributed by atoms with E-state index in [1.165, 1.54) is 25.3 Å². The van der Waals surface area contributed by atoms with Gasteiger partial charge in [0.2, 0.25) is 0 Å². The Morgan fingerprint density at radius 1 is 1.24 bits per heavy atom. The standard InChI is InChI=1S/C22H20ClF4N3O3/c1-12-17-8-18(21(31)32-2)19(24)9-20(17)30(28-12)15-3-4-29(11-15)10-13-5-14(23)7-16(6-13)33-22(25,26)27/h5-9,15H,3-4,10-11H2,1-2H3. The van der Waals surface area contributed by atoms with Crippen LogP contribution in [0.15, 0.2) is 30.3 Å². The molecule has 0 bridgehead atoms. The quantitative estimate of drug-likeness (QED) is 0.364. The first kappa shape index (κ1) is 23.3. The number of likely N-dealkylation sites (tertiary alicyclic amines) is 1. The third-order valence-electron chi connectivity index (χ3n) is 5.55. The van der Waals surface area contributed by atoms with E-state index in [1.54, 1.807) is 17.7 Å². The third-order valence-corrected chi connectivity index (χ3v) is 5.77. The molecule has 0 saturated carbocycles. The van der Waals surface area contributed by atoms with Gasteiger partial charge >= 0.3 is 12.3 Å². The first-order valence-corrected chi connectivity index (χ1v) is 10.5. The van der Waals surface area contributed by atoms with Gasteiger partial charge in [-0.25, -0.2) is 9.18 Å². The molecule has 176 valence electrons. The van der Waals surface area contributed by atoms with Crippen molar-refractivity contribution >= 4 is 28.5 Å². The first-order chi connectivity index (χ1) is 15.5. The van der Waals surface area contributed by atoms with Crippen LogP contribution in [0, 0.1) is 12.7 Å². The van der Waals surface area contributed by atoms with E-state index in [0.717, 1.165) is 6.07 Å². The Bertz CT molecular complexity index is 1210. The molecule has 0 amide bonds. The number of hydrogen-bond acceptors (Lipinski definition) is 5. The average Bonchev–Trinajstić information content (AvgIpc) is 3.29. The number of alkyl halides is 3. The van der Waals surface area contributed by atoms with E-state index in [1.807, 2.05) is 0 Å². The van der Waals surface area contributed by atoms with Gasteiger partial charge in [0.1, 0.15) is 11.6 Å². The van der Waals surface area contributed by atoms with Crippen LogP contribution in [0.1, 0.15) is 34.1 Å². The summed E-state index contributed by atoms with van der Waals surface area (Å²) in [5.41, 5.74) is 1.64. The summed E-state index contributed by atoms with van der Waals surface area (Å²) in [4.78, 5) is 13.9. The van der Waals surface area contributed by atoms with Crippen LogP contribution in [0.25, 0.3) is 10.9 Å². The second-order valence-electron chi connectivity index (χ2n) is 7.89. The fraction of sp³-hybridized carbons (Fsp3) is 0.364. The lowest BCUT2D eigenvalue weighted by atomic mass is 10.1. The summed E-state index contributed by atoms with van der Waals surface area (Å²) in [6.07, 6.45) is -4.09. The molecule has 2 aromatic carbocycles. The van der Waals surface area contributed by atoms with E-state index >= 15 is 0 Å². The zero-order valence-corrected chi connectivity index (χ0v) is 18.5. The average molecular weight is 486 g/mol. The van der Waals surface area contributed by atoms with Gasteiger partial charge in [-0.3, -0.25) is 9.58 Å². The predicted octanol–water partition coefficient (Wildman–Crippen LogP) is 5.27. The van der Waals surface area contributed by atoms with Gasteiger partial charge in [-0.2, -0.15) is 5.10 Å². The number of aromatic nitrogens is 2. The van der Waals surface area contributed by atoms with Gasteiger partial charge in [0.05, 0.1) is 29.9 Å². The number of carbonyl (C=O) groups is 1. The van der Waals surface area contributed by atoms with Gasteiger partial charge < -0.3 is 9.47 Å². The van der Waals surface area contributed by atoms with Crippen LogP contribution in [-0.2, 0) is 11.3 Å². The smallest absolute Gasteiger partial charge is 0.465 e. The first-order valence-electron chi connectivity index (χ1n) is 10.1. The maximum atomic E-state index is 14.5. The SMILES string of the molecule is COC(=O)c1cc2c(C)nn(C3CCN(Cc4cc(Cl)cc(OC(F)(F)F)c4)C3)c2cc1F. The molecule has 1 aliphatic rings. The summed E-state index contributed by atoms with van der Waals surface area (Å²) in [5.74, 6) is -1.82. The van der Waals surface area contributed by atoms with Gasteiger partial charge in [0.15, 0.2) is 0 Å². The van der Waals surface area contributed by atoms with Gasteiger partial charge in [0.25, 0.3) is 0 Å². The number of halogens is 5. The highest BCUT2D eigenvalue weighted by Crippen LogP contribution is 2.32. The lowest BCUT2D eigenvalue weighted by Crippen LogP contribution is -2.22. The third kappa shape index (κ3) is 5.06. The van der Waals surface area contributed by atoms with Crippen molar-refractivity contribution in [2.24, 2.45) is 0 Å². The number of carbonyl (C=O) groups excluding carboxylic acids is 1. The van der Waals surface area contributed by atoms with Crippen molar-refractivity contribution in [1.82, 2.24) is 14.7 Å². The topological polar surface area (TPSA) is 56.6 Å². The summed E-state index contributed by atoms with van der Waals surface area (Å²) < 4.78 is 62.6. The Labute approximate surface area is 191 Å². The molecule has 4 rings (SSSR count). The molecule has 1 aromatic heterocycles. The van der Waals surface area contributed by atoms with Crippen molar-refractivity contribution in [3.8, 4) is 5.75 Å². The maximum Gasteiger partial charge on any atom is 0.573 e. The summed E-state index contributed by atoms with van der Waals surface area (Å²) in [6.45, 7) is 3.36. The molecule has 0 N–H and O–H groups in total. The molecule has 33 heavy (non-hydrogen) atoms. The Hall–Kier alpha value is -2.85. The molecule has 1 atom stereocenters. The van der Waals surface area contributed by atoms with Crippen molar-refractivity contribution in [2.75, 3.05) is 20.2 Å². The van der Waals surface area contributed by atoms with Gasteiger partial charge in [-0.1, -0.05) is 11.6 Å². The van der Waals surface area contributed by atoms with E-state index in [2.05, 4.69) is 19.5 Å². The molecule has 11 heteroatoms. The maximum absolute atomic E-state index is 14.5. The second kappa shape index (κ2) is 8.83. The molecule has 0 spiro atoms. The number of fused-ring (bicyclic) bond motifs is 1. The summed E-state index contributed by atoms with van der Waals surface area (Å²) >= 11 is 5.97. The number of benzene rings is 2. The summed E-state index contributed by atoms with van der Waals surface area (Å²) in [5, 5.41) is 5.35. The largest absolute Gasteiger partial charge is 0.573 e. The number of ether oxygens (including phenoxy) is 2. The molecule has 1 fully saturated rings. The fourth-order valence-corrected chi connectivity index (χ4v) is 4.42. The van der Waals surface area contributed by atoms with Crippen LogP contribution in [0.5, 0.6) is 5.75 Å². The monoisotopic (exact) mass is 485 g/mol. The number of aryl methyl sites for hydroxylation is 1. The molecular weight excluding hydrogens is 466 g/mol. The molecule has 0 aliphatic carbocycles. The van der Waals surface area contributed by atoms with Crippen LogP contribution < -0.4 is 4.74 Å². The highest BCUT2D eigenvalue weighted by molar-refractivity contribution is 6.30. The number of hydrogen-bond donors (Lipinski definition) is 0. The Balaban J connectivity index is 1.54. The van der Waals surface area contributed by atoms with Crippen LogP contribution in [0.3, 0.4) is 0 Å². The molecule has 6 nitrogen and oxygen atoms in total. The van der Waals surface area contributed by atoms with Crippen molar-refractivity contribution < 1.29 is 31.8 Å². The highest BCUT2D eigenvalue weighted by atomic mass is 35.5. The van der Waals surface area contributed by atoms with Crippen LogP contribution >= 0.6 is 11.6 Å². The molecule has 1 saturated heterocycles. The van der Waals surface area contributed by atoms with E-state index in [-0.39, 0.29) is 22.4 Å². The Morgan fingerprint density at radius 2 is 2.00 bits per heavy atom. The fourth-order valence-electron chi connectivity index (χ4n) is 4.17. The van der Waals surface area contributed by atoms with Gasteiger partial charge in [-0.15, -0.1) is 13.2 Å². The number of methoxy groups -OCH3 is 1. The van der Waals surface area contributed by atoms with Gasteiger partial charge in [-0.05, 0) is 43.2 Å². The predicted molar refractivity (Wildman–Crippen MR) is 113 cm³/mol. The van der Waals surface area contributed by atoms with E-state index in [9.17, 15) is 22.4 Å². The molecule has 1 unspecified atom stereocenters. The minimum absolute atomic E-state index is 0.0744. The summed E-state index contributed by atoms with van der Waals surface area (Å²) in [7, 11) is 1.19. The second-order valence-corrected chi connectivity index (χ2v) is 8.33. The lowest BCUT2D eigenvalue weighted by Gasteiger charge is -2.18. The minimum atomic E-state index is -4.80. The van der Waals surface area contributed by atoms with E-state index in [4.69, 9.17) is 11.6 Å². The molecule has 0 radical (unpaired) electrons. The molecular formula is C22H20ClF4N3O3. The van der Waals surface area contributed by atoms with Crippen molar-refractivity contribution in [3.05, 3.63) is 58.0 Å². The Kier molecular flexibility index (Phi) is 6.24. The minimum Gasteiger partial charge on any atom is -0.465 e. The lowest BCUT2D eigenvalue weighted by molar-refractivity contribution is -0.274. The van der Waals surface area contributed by atoms with Crippen LogP contribution in [-0.4, -0.2) is 47.2 Å². The van der Waals surface area contributed by atoms with Crippen molar-refractivity contribution in [3.63, 3.8) is 0 Å². The van der Waals surface area contributed by atoms with Crippen LogP contribution in [0.4, 0.5) is 17.6 Å². The van der Waals surface area contributed by atoms with E-state index in [0.29, 0.717) is 48.2 Å². The zero-order chi connectivity index (χ0) is 23.9. The molecule has 2 heterocycles. The summed E-state index contributed by atoms with van der Waals surface area (Å²) in [6, 6.07) is 6.66.